The molecule has 0 unspecified atom stereocenters. The standard InChI is InChI=1S/C15H14N2O2S2/c1-9-8-20-13(17-9)7-16-6-11-10-4-2-3-5-12(10)21-14(11)15(18)19/h2-5,8,16H,6-7H2,1H3,(H,18,19). The summed E-state index contributed by atoms with van der Waals surface area (Å²) >= 11 is 2.94. The minimum Gasteiger partial charge on any atom is -0.477 e. The SMILES string of the molecule is Cc1csc(CNCc2c(C(=O)O)sc3ccccc23)n1. The van der Waals surface area contributed by atoms with Crippen molar-refractivity contribution in [2.75, 3.05) is 0 Å². The van der Waals surface area contributed by atoms with Crippen molar-refractivity contribution in [3.05, 3.63) is 50.8 Å². The van der Waals surface area contributed by atoms with E-state index in [9.17, 15) is 9.90 Å². The molecule has 0 saturated heterocycles. The van der Waals surface area contributed by atoms with Gasteiger partial charge in [-0.15, -0.1) is 22.7 Å². The molecule has 0 aliphatic rings. The molecule has 3 aromatic rings. The van der Waals surface area contributed by atoms with Crippen molar-refractivity contribution in [2.45, 2.75) is 20.0 Å². The van der Waals surface area contributed by atoms with E-state index < -0.39 is 5.97 Å². The fourth-order valence-corrected chi connectivity index (χ4v) is 4.03. The third-order valence-corrected chi connectivity index (χ3v) is 5.30. The first-order chi connectivity index (χ1) is 10.1. The molecule has 2 aromatic heterocycles. The van der Waals surface area contributed by atoms with Crippen LogP contribution in [-0.2, 0) is 13.1 Å². The summed E-state index contributed by atoms with van der Waals surface area (Å²) in [4.78, 5) is 16.2. The summed E-state index contributed by atoms with van der Waals surface area (Å²) < 4.78 is 1.01. The molecule has 21 heavy (non-hydrogen) atoms. The van der Waals surface area contributed by atoms with Crippen LogP contribution in [0, 0.1) is 6.92 Å². The molecule has 2 N–H and O–H groups in total. The highest BCUT2D eigenvalue weighted by molar-refractivity contribution is 7.21. The zero-order valence-corrected chi connectivity index (χ0v) is 13.1. The average molecular weight is 318 g/mol. The molecule has 0 spiro atoms. The highest BCUT2D eigenvalue weighted by Crippen LogP contribution is 2.31. The van der Waals surface area contributed by atoms with Gasteiger partial charge in [0.25, 0.3) is 0 Å². The van der Waals surface area contributed by atoms with Gasteiger partial charge in [-0.25, -0.2) is 9.78 Å². The Morgan fingerprint density at radius 1 is 1.33 bits per heavy atom. The van der Waals surface area contributed by atoms with Gasteiger partial charge in [0.2, 0.25) is 0 Å². The van der Waals surface area contributed by atoms with Crippen LogP contribution in [0.25, 0.3) is 10.1 Å². The van der Waals surface area contributed by atoms with Crippen molar-refractivity contribution < 1.29 is 9.90 Å². The summed E-state index contributed by atoms with van der Waals surface area (Å²) in [5, 5.41) is 16.7. The van der Waals surface area contributed by atoms with E-state index in [1.807, 2.05) is 36.6 Å². The molecule has 3 rings (SSSR count). The van der Waals surface area contributed by atoms with Crippen LogP contribution in [0.15, 0.2) is 29.6 Å². The number of aryl methyl sites for hydroxylation is 1. The first-order valence-corrected chi connectivity index (χ1v) is 8.20. The lowest BCUT2D eigenvalue weighted by Crippen LogP contribution is -2.14. The van der Waals surface area contributed by atoms with Gasteiger partial charge >= 0.3 is 5.97 Å². The van der Waals surface area contributed by atoms with E-state index in [4.69, 9.17) is 0 Å². The zero-order valence-electron chi connectivity index (χ0n) is 11.4. The number of thiophene rings is 1. The van der Waals surface area contributed by atoms with Crippen molar-refractivity contribution in [1.29, 1.82) is 0 Å². The smallest absolute Gasteiger partial charge is 0.346 e. The topological polar surface area (TPSA) is 62.2 Å². The van der Waals surface area contributed by atoms with Gasteiger partial charge in [0.15, 0.2) is 0 Å². The molecule has 0 aliphatic carbocycles. The van der Waals surface area contributed by atoms with Crippen LogP contribution in [0.5, 0.6) is 0 Å². The van der Waals surface area contributed by atoms with Gasteiger partial charge in [-0.1, -0.05) is 18.2 Å². The predicted octanol–water partition coefficient (Wildman–Crippen LogP) is 3.65. The molecule has 0 saturated carbocycles. The number of benzene rings is 1. The molecule has 108 valence electrons. The number of aromatic nitrogens is 1. The lowest BCUT2D eigenvalue weighted by atomic mass is 10.1. The molecular formula is C15H14N2O2S2. The number of nitrogens with one attached hydrogen (secondary N) is 1. The monoisotopic (exact) mass is 318 g/mol. The van der Waals surface area contributed by atoms with Crippen molar-refractivity contribution in [3.8, 4) is 0 Å². The van der Waals surface area contributed by atoms with E-state index in [0.29, 0.717) is 18.0 Å². The Labute approximate surface area is 130 Å². The normalized spacial score (nSPS) is 11.1. The Hall–Kier alpha value is -1.76. The van der Waals surface area contributed by atoms with E-state index in [1.54, 1.807) is 11.3 Å². The molecule has 6 heteroatoms. The molecule has 4 nitrogen and oxygen atoms in total. The van der Waals surface area contributed by atoms with Crippen LogP contribution < -0.4 is 5.32 Å². The highest BCUT2D eigenvalue weighted by atomic mass is 32.1. The molecule has 0 radical (unpaired) electrons. The van der Waals surface area contributed by atoms with Crippen LogP contribution in [0.2, 0.25) is 0 Å². The maximum Gasteiger partial charge on any atom is 0.346 e. The maximum absolute atomic E-state index is 11.4. The predicted molar refractivity (Wildman–Crippen MR) is 86.2 cm³/mol. The molecule has 0 amide bonds. The van der Waals surface area contributed by atoms with Gasteiger partial charge < -0.3 is 10.4 Å². The lowest BCUT2D eigenvalue weighted by Gasteiger charge is -2.03. The van der Waals surface area contributed by atoms with Gasteiger partial charge in [-0.2, -0.15) is 0 Å². The van der Waals surface area contributed by atoms with Crippen LogP contribution in [-0.4, -0.2) is 16.1 Å². The number of hydrogen-bond donors (Lipinski definition) is 2. The number of aromatic carboxylic acids is 1. The van der Waals surface area contributed by atoms with Crippen molar-refractivity contribution >= 4 is 38.7 Å². The fraction of sp³-hybridized carbons (Fsp3) is 0.200. The Balaban J connectivity index is 1.82. The van der Waals surface area contributed by atoms with Gasteiger partial charge in [-0.05, 0) is 23.9 Å². The van der Waals surface area contributed by atoms with Crippen LogP contribution >= 0.6 is 22.7 Å². The maximum atomic E-state index is 11.4. The Kier molecular flexibility index (Phi) is 4.01. The second-order valence-electron chi connectivity index (χ2n) is 4.70. The summed E-state index contributed by atoms with van der Waals surface area (Å²) in [5.74, 6) is -0.863. The summed E-state index contributed by atoms with van der Waals surface area (Å²) in [7, 11) is 0. The van der Waals surface area contributed by atoms with Gasteiger partial charge in [0.05, 0.1) is 0 Å². The van der Waals surface area contributed by atoms with E-state index in [2.05, 4.69) is 10.3 Å². The van der Waals surface area contributed by atoms with Crippen molar-refractivity contribution in [2.24, 2.45) is 0 Å². The summed E-state index contributed by atoms with van der Waals surface area (Å²) in [6, 6.07) is 7.80. The second-order valence-corrected chi connectivity index (χ2v) is 6.69. The van der Waals surface area contributed by atoms with Crippen LogP contribution in [0.1, 0.15) is 25.9 Å². The Bertz CT molecular complexity index is 792. The third kappa shape index (κ3) is 2.97. The molecule has 0 aliphatic heterocycles. The van der Waals surface area contributed by atoms with Crippen LogP contribution in [0.3, 0.4) is 0 Å². The van der Waals surface area contributed by atoms with E-state index in [-0.39, 0.29) is 0 Å². The second kappa shape index (κ2) is 5.93. The zero-order chi connectivity index (χ0) is 14.8. The lowest BCUT2D eigenvalue weighted by molar-refractivity contribution is 0.0701. The number of thiazole rings is 1. The molecule has 2 heterocycles. The molecule has 0 fully saturated rings. The van der Waals surface area contributed by atoms with E-state index in [1.165, 1.54) is 11.3 Å². The Morgan fingerprint density at radius 3 is 2.86 bits per heavy atom. The highest BCUT2D eigenvalue weighted by Gasteiger charge is 2.17. The number of carboxylic acid groups (broad SMARTS) is 1. The summed E-state index contributed by atoms with van der Waals surface area (Å²) in [6.45, 7) is 3.15. The minimum absolute atomic E-state index is 0.416. The van der Waals surface area contributed by atoms with E-state index in [0.717, 1.165) is 26.4 Å². The summed E-state index contributed by atoms with van der Waals surface area (Å²) in [5.41, 5.74) is 1.88. The average Bonchev–Trinajstić information content (AvgIpc) is 3.03. The molecule has 1 aromatic carbocycles. The first-order valence-electron chi connectivity index (χ1n) is 6.50. The number of fused-ring (bicyclic) bond motifs is 1. The number of carboxylic acids is 1. The largest absolute Gasteiger partial charge is 0.477 e. The third-order valence-electron chi connectivity index (χ3n) is 3.14. The molecule has 0 bridgehead atoms. The molecule has 0 atom stereocenters. The van der Waals surface area contributed by atoms with Gasteiger partial charge in [0.1, 0.15) is 9.88 Å². The van der Waals surface area contributed by atoms with Crippen LogP contribution in [0.4, 0.5) is 0 Å². The van der Waals surface area contributed by atoms with Crippen molar-refractivity contribution in [1.82, 2.24) is 10.3 Å². The number of carbonyl (C=O) groups is 1. The summed E-state index contributed by atoms with van der Waals surface area (Å²) in [6.07, 6.45) is 0. The first kappa shape index (κ1) is 14.2. The minimum atomic E-state index is -0.863. The van der Waals surface area contributed by atoms with Crippen molar-refractivity contribution in [3.63, 3.8) is 0 Å². The number of nitrogens with zero attached hydrogens (tertiary/aromatic N) is 1. The number of rotatable bonds is 5. The van der Waals surface area contributed by atoms with E-state index >= 15 is 0 Å². The fourth-order valence-electron chi connectivity index (χ4n) is 2.23. The van der Waals surface area contributed by atoms with Gasteiger partial charge in [0, 0.05) is 28.9 Å². The Morgan fingerprint density at radius 2 is 2.14 bits per heavy atom. The number of hydrogen-bond acceptors (Lipinski definition) is 5. The quantitative estimate of drug-likeness (QED) is 0.754. The van der Waals surface area contributed by atoms with Gasteiger partial charge in [-0.3, -0.25) is 0 Å². The molecular weight excluding hydrogens is 304 g/mol.